The van der Waals surface area contributed by atoms with Gasteiger partial charge in [-0.3, -0.25) is 4.79 Å². The maximum Gasteiger partial charge on any atom is 0.267 e. The van der Waals surface area contributed by atoms with Crippen LogP contribution >= 0.6 is 11.6 Å². The van der Waals surface area contributed by atoms with Crippen LogP contribution in [-0.2, 0) is 7.05 Å². The summed E-state index contributed by atoms with van der Waals surface area (Å²) in [5.74, 6) is -0.0766. The zero-order chi connectivity index (χ0) is 11.9. The van der Waals surface area contributed by atoms with Gasteiger partial charge in [-0.1, -0.05) is 11.6 Å². The molecule has 1 heterocycles. The molecule has 2 rings (SSSR count). The van der Waals surface area contributed by atoms with Crippen LogP contribution in [0.3, 0.4) is 0 Å². The fraction of sp³-hybridized carbons (Fsp3) is 0.250. The number of aryl methyl sites for hydroxylation is 2. The molecular formula is C12H13ClN2O. The van der Waals surface area contributed by atoms with Gasteiger partial charge in [0.1, 0.15) is 5.69 Å². The Labute approximate surface area is 99.0 Å². The van der Waals surface area contributed by atoms with Crippen molar-refractivity contribution < 1.29 is 4.79 Å². The van der Waals surface area contributed by atoms with E-state index in [0.717, 1.165) is 16.5 Å². The van der Waals surface area contributed by atoms with Gasteiger partial charge in [0.15, 0.2) is 0 Å². The van der Waals surface area contributed by atoms with Crippen molar-refractivity contribution in [3.8, 4) is 0 Å². The average Bonchev–Trinajstić information content (AvgIpc) is 2.51. The first-order chi connectivity index (χ1) is 7.56. The molecule has 0 spiro atoms. The predicted octanol–water partition coefficient (Wildman–Crippen LogP) is 2.50. The second kappa shape index (κ2) is 3.83. The van der Waals surface area contributed by atoms with E-state index in [0.29, 0.717) is 10.7 Å². The maximum atomic E-state index is 11.7. The molecule has 0 aliphatic heterocycles. The van der Waals surface area contributed by atoms with Crippen molar-refractivity contribution in [1.29, 1.82) is 0 Å². The number of nitrogens with zero attached hydrogens (tertiary/aromatic N) is 1. The highest BCUT2D eigenvalue weighted by Gasteiger charge is 2.16. The summed E-state index contributed by atoms with van der Waals surface area (Å²) < 4.78 is 1.89. The van der Waals surface area contributed by atoms with E-state index in [9.17, 15) is 4.79 Å². The second-order valence-corrected chi connectivity index (χ2v) is 4.21. The van der Waals surface area contributed by atoms with Crippen LogP contribution < -0.4 is 5.32 Å². The SMILES string of the molecule is CNC(=O)c1c(C)c2cc(Cl)ccc2n1C. The number of hydrogen-bond acceptors (Lipinski definition) is 1. The summed E-state index contributed by atoms with van der Waals surface area (Å²) in [6.07, 6.45) is 0. The summed E-state index contributed by atoms with van der Waals surface area (Å²) in [7, 11) is 3.51. The number of carbonyl (C=O) groups excluding carboxylic acids is 1. The third-order valence-electron chi connectivity index (χ3n) is 2.86. The molecule has 84 valence electrons. The Hall–Kier alpha value is -1.48. The highest BCUT2D eigenvalue weighted by molar-refractivity contribution is 6.31. The lowest BCUT2D eigenvalue weighted by Crippen LogP contribution is -2.21. The van der Waals surface area contributed by atoms with E-state index in [1.165, 1.54) is 0 Å². The highest BCUT2D eigenvalue weighted by atomic mass is 35.5. The number of benzene rings is 1. The van der Waals surface area contributed by atoms with E-state index in [2.05, 4.69) is 5.32 Å². The summed E-state index contributed by atoms with van der Waals surface area (Å²) in [6, 6.07) is 5.65. The molecule has 0 atom stereocenters. The van der Waals surface area contributed by atoms with Gasteiger partial charge in [-0.2, -0.15) is 0 Å². The minimum atomic E-state index is -0.0766. The molecule has 4 heteroatoms. The minimum absolute atomic E-state index is 0.0766. The van der Waals surface area contributed by atoms with Crippen LogP contribution in [0.25, 0.3) is 10.9 Å². The fourth-order valence-electron chi connectivity index (χ4n) is 2.04. The number of aromatic nitrogens is 1. The molecule has 1 aromatic carbocycles. The molecular weight excluding hydrogens is 224 g/mol. The molecule has 0 aliphatic carbocycles. The smallest absolute Gasteiger partial charge is 0.267 e. The topological polar surface area (TPSA) is 34.0 Å². The molecule has 1 N–H and O–H groups in total. The molecule has 0 bridgehead atoms. The fourth-order valence-corrected chi connectivity index (χ4v) is 2.21. The second-order valence-electron chi connectivity index (χ2n) is 3.77. The van der Waals surface area contributed by atoms with Crippen LogP contribution in [0, 0.1) is 6.92 Å². The van der Waals surface area contributed by atoms with Gasteiger partial charge >= 0.3 is 0 Å². The van der Waals surface area contributed by atoms with E-state index in [1.54, 1.807) is 7.05 Å². The summed E-state index contributed by atoms with van der Waals surface area (Å²) in [5.41, 5.74) is 2.65. The van der Waals surface area contributed by atoms with Gasteiger partial charge in [0.05, 0.1) is 0 Å². The van der Waals surface area contributed by atoms with Crippen LogP contribution in [0.1, 0.15) is 16.1 Å². The number of carbonyl (C=O) groups is 1. The lowest BCUT2D eigenvalue weighted by molar-refractivity contribution is 0.0955. The zero-order valence-electron chi connectivity index (χ0n) is 9.47. The summed E-state index contributed by atoms with van der Waals surface area (Å²) in [6.45, 7) is 1.93. The van der Waals surface area contributed by atoms with Gasteiger partial charge in [-0.05, 0) is 30.7 Å². The van der Waals surface area contributed by atoms with Crippen molar-refractivity contribution in [1.82, 2.24) is 9.88 Å². The standard InChI is InChI=1S/C12H13ClN2O/c1-7-9-6-8(13)4-5-10(9)15(3)11(7)12(16)14-2/h4-6H,1-3H3,(H,14,16). The highest BCUT2D eigenvalue weighted by Crippen LogP contribution is 2.27. The third kappa shape index (κ3) is 1.48. The van der Waals surface area contributed by atoms with Crippen molar-refractivity contribution in [2.24, 2.45) is 7.05 Å². The van der Waals surface area contributed by atoms with Gasteiger partial charge in [0.2, 0.25) is 0 Å². The molecule has 3 nitrogen and oxygen atoms in total. The lowest BCUT2D eigenvalue weighted by atomic mass is 10.1. The van der Waals surface area contributed by atoms with Gasteiger partial charge in [-0.25, -0.2) is 0 Å². The van der Waals surface area contributed by atoms with Crippen molar-refractivity contribution >= 4 is 28.4 Å². The first-order valence-corrected chi connectivity index (χ1v) is 5.40. The Balaban J connectivity index is 2.81. The normalized spacial score (nSPS) is 10.8. The molecule has 0 saturated carbocycles. The van der Waals surface area contributed by atoms with Gasteiger partial charge in [0, 0.05) is 30.0 Å². The lowest BCUT2D eigenvalue weighted by Gasteiger charge is -2.03. The molecule has 1 aromatic heterocycles. The van der Waals surface area contributed by atoms with Crippen LogP contribution in [0.15, 0.2) is 18.2 Å². The molecule has 0 aliphatic rings. The molecule has 2 aromatic rings. The Morgan fingerprint density at radius 2 is 2.12 bits per heavy atom. The molecule has 0 unspecified atom stereocenters. The van der Waals surface area contributed by atoms with Crippen LogP contribution in [0.2, 0.25) is 5.02 Å². The molecule has 0 saturated heterocycles. The number of nitrogens with one attached hydrogen (secondary N) is 1. The van der Waals surface area contributed by atoms with Crippen molar-refractivity contribution in [3.05, 3.63) is 34.5 Å². The van der Waals surface area contributed by atoms with Crippen molar-refractivity contribution in [2.45, 2.75) is 6.92 Å². The van der Waals surface area contributed by atoms with Crippen LogP contribution in [0.5, 0.6) is 0 Å². The van der Waals surface area contributed by atoms with Gasteiger partial charge in [0.25, 0.3) is 5.91 Å². The van der Waals surface area contributed by atoms with E-state index in [4.69, 9.17) is 11.6 Å². The maximum absolute atomic E-state index is 11.7. The van der Waals surface area contributed by atoms with Crippen LogP contribution in [0.4, 0.5) is 0 Å². The Kier molecular flexibility index (Phi) is 2.64. The zero-order valence-corrected chi connectivity index (χ0v) is 10.2. The van der Waals surface area contributed by atoms with Gasteiger partial charge in [-0.15, -0.1) is 0 Å². The minimum Gasteiger partial charge on any atom is -0.354 e. The predicted molar refractivity (Wildman–Crippen MR) is 66.1 cm³/mol. The number of rotatable bonds is 1. The van der Waals surface area contributed by atoms with E-state index in [1.807, 2.05) is 36.7 Å². The monoisotopic (exact) mass is 236 g/mol. The third-order valence-corrected chi connectivity index (χ3v) is 3.09. The first-order valence-electron chi connectivity index (χ1n) is 5.03. The Bertz CT molecular complexity index is 572. The molecule has 16 heavy (non-hydrogen) atoms. The van der Waals surface area contributed by atoms with Crippen molar-refractivity contribution in [2.75, 3.05) is 7.05 Å². The Morgan fingerprint density at radius 3 is 2.75 bits per heavy atom. The van der Waals surface area contributed by atoms with E-state index < -0.39 is 0 Å². The molecule has 0 fully saturated rings. The molecule has 1 amide bonds. The van der Waals surface area contributed by atoms with E-state index >= 15 is 0 Å². The average molecular weight is 237 g/mol. The number of hydrogen-bond donors (Lipinski definition) is 1. The molecule has 0 radical (unpaired) electrons. The van der Waals surface area contributed by atoms with E-state index in [-0.39, 0.29) is 5.91 Å². The van der Waals surface area contributed by atoms with Crippen molar-refractivity contribution in [3.63, 3.8) is 0 Å². The number of halogens is 1. The first kappa shape index (κ1) is 11.0. The number of amides is 1. The Morgan fingerprint density at radius 1 is 1.44 bits per heavy atom. The number of fused-ring (bicyclic) bond motifs is 1. The quantitative estimate of drug-likeness (QED) is 0.811. The largest absolute Gasteiger partial charge is 0.354 e. The summed E-state index contributed by atoms with van der Waals surface area (Å²) >= 11 is 5.96. The summed E-state index contributed by atoms with van der Waals surface area (Å²) in [5, 5.41) is 4.35. The van der Waals surface area contributed by atoms with Gasteiger partial charge < -0.3 is 9.88 Å². The van der Waals surface area contributed by atoms with Crippen LogP contribution in [-0.4, -0.2) is 17.5 Å². The summed E-state index contributed by atoms with van der Waals surface area (Å²) in [4.78, 5) is 11.7.